The molecule has 0 radical (unpaired) electrons. The summed E-state index contributed by atoms with van der Waals surface area (Å²) in [5.41, 5.74) is 3.22. The quantitative estimate of drug-likeness (QED) is 0.639. The number of phenols is 2. The molecule has 0 aliphatic carbocycles. The molecule has 0 bridgehead atoms. The van der Waals surface area contributed by atoms with Crippen molar-refractivity contribution < 1.29 is 15.0 Å². The molecule has 1 amide bonds. The van der Waals surface area contributed by atoms with Crippen LogP contribution in [-0.4, -0.2) is 22.7 Å². The first-order valence-corrected chi connectivity index (χ1v) is 6.84. The Morgan fingerprint density at radius 2 is 2.00 bits per heavy atom. The second-order valence-corrected chi connectivity index (χ2v) is 5.02. The molecule has 4 N–H and O–H groups in total. The molecule has 1 heterocycles. The van der Waals surface area contributed by atoms with Gasteiger partial charge in [-0.2, -0.15) is 0 Å². The molecule has 0 fully saturated rings. The molecule has 0 saturated carbocycles. The van der Waals surface area contributed by atoms with Crippen molar-refractivity contribution in [1.82, 2.24) is 0 Å². The number of fused-ring (bicyclic) bond motifs is 1. The number of rotatable bonds is 2. The first-order chi connectivity index (χ1) is 10.1. The van der Waals surface area contributed by atoms with E-state index in [2.05, 4.69) is 10.6 Å². The van der Waals surface area contributed by atoms with Gasteiger partial charge in [0.25, 0.3) is 5.91 Å². The predicted octanol–water partition coefficient (Wildman–Crippen LogP) is 2.71. The average molecular weight is 284 g/mol. The van der Waals surface area contributed by atoms with E-state index in [1.807, 2.05) is 18.2 Å². The Morgan fingerprint density at radius 3 is 2.81 bits per heavy atom. The lowest BCUT2D eigenvalue weighted by Gasteiger charge is -2.21. The lowest BCUT2D eigenvalue weighted by Crippen LogP contribution is -2.17. The summed E-state index contributed by atoms with van der Waals surface area (Å²) >= 11 is 0. The van der Waals surface area contributed by atoms with E-state index >= 15 is 0 Å². The Bertz CT molecular complexity index is 698. The Kier molecular flexibility index (Phi) is 3.39. The van der Waals surface area contributed by atoms with Crippen LogP contribution in [0.2, 0.25) is 0 Å². The number of hydrogen-bond donors (Lipinski definition) is 4. The average Bonchev–Trinajstić information content (AvgIpc) is 2.50. The zero-order chi connectivity index (χ0) is 14.8. The summed E-state index contributed by atoms with van der Waals surface area (Å²) < 4.78 is 0. The van der Waals surface area contributed by atoms with Crippen molar-refractivity contribution in [3.05, 3.63) is 47.5 Å². The van der Waals surface area contributed by atoms with Crippen molar-refractivity contribution in [2.45, 2.75) is 12.8 Å². The number of nitrogens with one attached hydrogen (secondary N) is 2. The summed E-state index contributed by atoms with van der Waals surface area (Å²) in [5.74, 6) is -0.864. The fraction of sp³-hybridized carbons (Fsp3) is 0.188. The Balaban J connectivity index is 1.86. The number of benzene rings is 2. The lowest BCUT2D eigenvalue weighted by atomic mass is 10.0. The zero-order valence-corrected chi connectivity index (χ0v) is 11.4. The Morgan fingerprint density at radius 1 is 1.14 bits per heavy atom. The third kappa shape index (κ3) is 2.63. The molecule has 1 aliphatic rings. The number of hydrogen-bond acceptors (Lipinski definition) is 4. The van der Waals surface area contributed by atoms with Crippen molar-refractivity contribution in [2.75, 3.05) is 17.2 Å². The third-order valence-electron chi connectivity index (χ3n) is 3.58. The highest BCUT2D eigenvalue weighted by molar-refractivity contribution is 6.05. The number of amides is 1. The van der Waals surface area contributed by atoms with Gasteiger partial charge in [0.2, 0.25) is 0 Å². The maximum Gasteiger partial charge on any atom is 0.255 e. The fourth-order valence-corrected chi connectivity index (χ4v) is 2.49. The maximum absolute atomic E-state index is 12.2. The molecule has 0 saturated heterocycles. The van der Waals surface area contributed by atoms with Crippen LogP contribution in [-0.2, 0) is 6.42 Å². The largest absolute Gasteiger partial charge is 0.504 e. The van der Waals surface area contributed by atoms with Gasteiger partial charge in [-0.1, -0.05) is 6.07 Å². The summed E-state index contributed by atoms with van der Waals surface area (Å²) in [6.07, 6.45) is 1.94. The molecule has 108 valence electrons. The highest BCUT2D eigenvalue weighted by Crippen LogP contribution is 2.30. The molecule has 5 heteroatoms. The summed E-state index contributed by atoms with van der Waals surface area (Å²) in [5, 5.41) is 24.9. The van der Waals surface area contributed by atoms with Crippen LogP contribution in [0.25, 0.3) is 0 Å². The van der Waals surface area contributed by atoms with Crippen LogP contribution in [0.1, 0.15) is 22.3 Å². The predicted molar refractivity (Wildman–Crippen MR) is 81.0 cm³/mol. The Labute approximate surface area is 122 Å². The van der Waals surface area contributed by atoms with Gasteiger partial charge in [-0.25, -0.2) is 0 Å². The van der Waals surface area contributed by atoms with Crippen LogP contribution in [0.15, 0.2) is 36.4 Å². The maximum atomic E-state index is 12.2. The first kappa shape index (κ1) is 13.3. The topological polar surface area (TPSA) is 81.6 Å². The molecular formula is C16H16N2O3. The van der Waals surface area contributed by atoms with Crippen molar-refractivity contribution in [2.24, 2.45) is 0 Å². The number of anilines is 2. The van der Waals surface area contributed by atoms with E-state index in [-0.39, 0.29) is 17.4 Å². The molecule has 21 heavy (non-hydrogen) atoms. The van der Waals surface area contributed by atoms with E-state index < -0.39 is 0 Å². The standard InChI is InChI=1S/C16H16N2O3/c19-14-7-6-10(9-15(14)20)16(21)18-13-5-1-4-12-11(13)3-2-8-17-12/h1,4-7,9,17,19-20H,2-3,8H2,(H,18,21). The van der Waals surface area contributed by atoms with Crippen molar-refractivity contribution in [3.8, 4) is 11.5 Å². The van der Waals surface area contributed by atoms with Gasteiger partial charge in [-0.15, -0.1) is 0 Å². The third-order valence-corrected chi connectivity index (χ3v) is 3.58. The minimum Gasteiger partial charge on any atom is -0.504 e. The number of phenolic OH excluding ortho intramolecular Hbond substituents is 2. The van der Waals surface area contributed by atoms with Crippen molar-refractivity contribution in [1.29, 1.82) is 0 Å². The van der Waals surface area contributed by atoms with E-state index in [4.69, 9.17) is 0 Å². The molecule has 0 aromatic heterocycles. The minimum absolute atomic E-state index is 0.243. The molecule has 0 unspecified atom stereocenters. The monoisotopic (exact) mass is 284 g/mol. The SMILES string of the molecule is O=C(Nc1cccc2c1CCCN2)c1ccc(O)c(O)c1. The van der Waals surface area contributed by atoms with E-state index in [0.29, 0.717) is 5.56 Å². The molecule has 0 spiro atoms. The van der Waals surface area contributed by atoms with Gasteiger partial charge >= 0.3 is 0 Å². The van der Waals surface area contributed by atoms with Gasteiger partial charge in [0.05, 0.1) is 0 Å². The molecule has 3 rings (SSSR count). The molecule has 0 atom stereocenters. The second kappa shape index (κ2) is 5.36. The summed E-state index contributed by atoms with van der Waals surface area (Å²) in [6.45, 7) is 0.941. The summed E-state index contributed by atoms with van der Waals surface area (Å²) in [4.78, 5) is 12.2. The van der Waals surface area contributed by atoms with E-state index in [0.717, 1.165) is 36.3 Å². The van der Waals surface area contributed by atoms with Crippen LogP contribution >= 0.6 is 0 Å². The van der Waals surface area contributed by atoms with Crippen molar-refractivity contribution in [3.63, 3.8) is 0 Å². The van der Waals surface area contributed by atoms with Crippen LogP contribution in [0.5, 0.6) is 11.5 Å². The lowest BCUT2D eigenvalue weighted by molar-refractivity contribution is 0.102. The highest BCUT2D eigenvalue weighted by Gasteiger charge is 2.15. The smallest absolute Gasteiger partial charge is 0.255 e. The van der Waals surface area contributed by atoms with Gasteiger partial charge in [-0.05, 0) is 48.7 Å². The number of aromatic hydroxyl groups is 2. The molecule has 2 aromatic carbocycles. The summed E-state index contributed by atoms with van der Waals surface area (Å²) in [7, 11) is 0. The van der Waals surface area contributed by atoms with E-state index in [1.165, 1.54) is 18.2 Å². The minimum atomic E-state index is -0.315. The fourth-order valence-electron chi connectivity index (χ4n) is 2.49. The first-order valence-electron chi connectivity index (χ1n) is 6.84. The molecule has 2 aromatic rings. The van der Waals surface area contributed by atoms with E-state index in [1.54, 1.807) is 0 Å². The second-order valence-electron chi connectivity index (χ2n) is 5.02. The van der Waals surface area contributed by atoms with E-state index in [9.17, 15) is 15.0 Å². The van der Waals surface area contributed by atoms with Gasteiger partial charge in [0, 0.05) is 23.5 Å². The van der Waals surface area contributed by atoms with Crippen LogP contribution < -0.4 is 10.6 Å². The summed E-state index contributed by atoms with van der Waals surface area (Å²) in [6, 6.07) is 9.77. The molecular weight excluding hydrogens is 268 g/mol. The highest BCUT2D eigenvalue weighted by atomic mass is 16.3. The van der Waals surface area contributed by atoms with Gasteiger partial charge in [0.1, 0.15) is 0 Å². The Hall–Kier alpha value is -2.69. The van der Waals surface area contributed by atoms with Crippen LogP contribution in [0.4, 0.5) is 11.4 Å². The number of carbonyl (C=O) groups excluding carboxylic acids is 1. The van der Waals surface area contributed by atoms with Crippen LogP contribution in [0, 0.1) is 0 Å². The van der Waals surface area contributed by atoms with Gasteiger partial charge in [0.15, 0.2) is 11.5 Å². The van der Waals surface area contributed by atoms with Crippen molar-refractivity contribution >= 4 is 17.3 Å². The molecule has 5 nitrogen and oxygen atoms in total. The van der Waals surface area contributed by atoms with Gasteiger partial charge < -0.3 is 20.8 Å². The number of carbonyl (C=O) groups is 1. The molecule has 1 aliphatic heterocycles. The van der Waals surface area contributed by atoms with Gasteiger partial charge in [-0.3, -0.25) is 4.79 Å². The van der Waals surface area contributed by atoms with Crippen LogP contribution in [0.3, 0.4) is 0 Å². The zero-order valence-electron chi connectivity index (χ0n) is 11.4. The normalized spacial score (nSPS) is 13.1.